The third kappa shape index (κ3) is 5.89. The number of hydrogen-bond acceptors (Lipinski definition) is 3. The maximum absolute atomic E-state index is 13.6. The molecular weight excluding hydrogens is 289 g/mol. The van der Waals surface area contributed by atoms with Crippen LogP contribution in [0.2, 0.25) is 5.02 Å². The lowest BCUT2D eigenvalue weighted by molar-refractivity contribution is 0.285. The van der Waals surface area contributed by atoms with Gasteiger partial charge in [-0.2, -0.15) is 0 Å². The number of benzene rings is 1. The number of hydrogen-bond donors (Lipinski definition) is 0. The van der Waals surface area contributed by atoms with E-state index in [1.807, 2.05) is 18.9 Å². The number of halogens is 2. The minimum atomic E-state index is -2.98. The van der Waals surface area contributed by atoms with Crippen molar-refractivity contribution >= 4 is 21.4 Å². The average molecular weight is 308 g/mol. The molecule has 0 aliphatic heterocycles. The van der Waals surface area contributed by atoms with Crippen molar-refractivity contribution in [2.24, 2.45) is 5.92 Å². The van der Waals surface area contributed by atoms with Crippen LogP contribution in [-0.4, -0.2) is 38.9 Å². The Morgan fingerprint density at radius 2 is 2.05 bits per heavy atom. The van der Waals surface area contributed by atoms with Gasteiger partial charge in [0.25, 0.3) is 0 Å². The first-order chi connectivity index (χ1) is 8.69. The maximum Gasteiger partial charge on any atom is 0.147 e. The van der Waals surface area contributed by atoms with Gasteiger partial charge < -0.3 is 4.90 Å². The fraction of sp³-hybridized carbons (Fsp3) is 0.538. The number of sulfone groups is 1. The summed E-state index contributed by atoms with van der Waals surface area (Å²) < 4.78 is 36.0. The lowest BCUT2D eigenvalue weighted by atomic mass is 10.1. The summed E-state index contributed by atoms with van der Waals surface area (Å²) in [5.74, 6) is -0.219. The largest absolute Gasteiger partial charge is 0.302 e. The lowest BCUT2D eigenvalue weighted by Crippen LogP contribution is -2.28. The second kappa shape index (κ2) is 6.68. The predicted molar refractivity (Wildman–Crippen MR) is 76.6 cm³/mol. The molecule has 0 aliphatic carbocycles. The first-order valence-electron chi connectivity index (χ1n) is 5.98. The van der Waals surface area contributed by atoms with Crippen LogP contribution in [0.15, 0.2) is 18.2 Å². The van der Waals surface area contributed by atoms with E-state index in [0.717, 1.165) is 0 Å². The Bertz CT molecular complexity index is 513. The summed E-state index contributed by atoms with van der Waals surface area (Å²) in [5.41, 5.74) is 0.443. The van der Waals surface area contributed by atoms with Crippen LogP contribution in [0.5, 0.6) is 0 Å². The van der Waals surface area contributed by atoms with Gasteiger partial charge in [0.1, 0.15) is 15.7 Å². The van der Waals surface area contributed by atoms with Crippen LogP contribution < -0.4 is 0 Å². The summed E-state index contributed by atoms with van der Waals surface area (Å²) in [6, 6.07) is 4.58. The lowest BCUT2D eigenvalue weighted by Gasteiger charge is -2.21. The van der Waals surface area contributed by atoms with Gasteiger partial charge in [0.05, 0.1) is 5.75 Å². The Kier molecular flexibility index (Phi) is 5.77. The molecule has 0 N–H and O–H groups in total. The molecule has 0 amide bonds. The zero-order valence-electron chi connectivity index (χ0n) is 11.4. The average Bonchev–Trinajstić information content (AvgIpc) is 2.20. The van der Waals surface area contributed by atoms with Gasteiger partial charge in [-0.1, -0.05) is 24.6 Å². The van der Waals surface area contributed by atoms with E-state index in [-0.39, 0.29) is 17.5 Å². The molecule has 3 nitrogen and oxygen atoms in total. The molecule has 1 unspecified atom stereocenters. The zero-order chi connectivity index (χ0) is 14.6. The Labute approximate surface area is 119 Å². The van der Waals surface area contributed by atoms with Gasteiger partial charge in [-0.05, 0) is 25.1 Å². The van der Waals surface area contributed by atoms with Crippen LogP contribution >= 0.6 is 11.6 Å². The van der Waals surface area contributed by atoms with Gasteiger partial charge in [0.15, 0.2) is 0 Å². The molecule has 0 heterocycles. The van der Waals surface area contributed by atoms with Crippen molar-refractivity contribution in [3.8, 4) is 0 Å². The molecule has 108 valence electrons. The first kappa shape index (κ1) is 16.4. The summed E-state index contributed by atoms with van der Waals surface area (Å²) in [4.78, 5) is 1.88. The van der Waals surface area contributed by atoms with E-state index in [2.05, 4.69) is 0 Å². The second-order valence-electron chi connectivity index (χ2n) is 5.09. The molecule has 1 atom stereocenters. The molecular formula is C13H19ClFNO2S. The Hall–Kier alpha value is -0.650. The highest BCUT2D eigenvalue weighted by atomic mass is 35.5. The van der Waals surface area contributed by atoms with E-state index in [1.165, 1.54) is 12.3 Å². The Morgan fingerprint density at radius 3 is 2.58 bits per heavy atom. The van der Waals surface area contributed by atoms with Crippen LogP contribution in [0.25, 0.3) is 0 Å². The molecule has 0 saturated heterocycles. The molecule has 19 heavy (non-hydrogen) atoms. The van der Waals surface area contributed by atoms with E-state index in [1.54, 1.807) is 12.1 Å². The molecule has 0 saturated carbocycles. The van der Waals surface area contributed by atoms with Gasteiger partial charge >= 0.3 is 0 Å². The van der Waals surface area contributed by atoms with E-state index >= 15 is 0 Å². The van der Waals surface area contributed by atoms with Crippen molar-refractivity contribution in [3.05, 3.63) is 34.6 Å². The summed E-state index contributed by atoms with van der Waals surface area (Å²) in [5, 5.41) is 0.391. The van der Waals surface area contributed by atoms with Gasteiger partial charge in [0, 0.05) is 29.9 Å². The summed E-state index contributed by atoms with van der Waals surface area (Å²) >= 11 is 5.95. The summed E-state index contributed by atoms with van der Waals surface area (Å²) in [6.45, 7) is 2.79. The highest BCUT2D eigenvalue weighted by Crippen LogP contribution is 2.20. The van der Waals surface area contributed by atoms with Crippen molar-refractivity contribution in [1.29, 1.82) is 0 Å². The molecule has 6 heteroatoms. The minimum Gasteiger partial charge on any atom is -0.302 e. The van der Waals surface area contributed by atoms with Crippen molar-refractivity contribution in [3.63, 3.8) is 0 Å². The SMILES string of the molecule is CC(CN(C)Cc1c(F)cccc1Cl)CS(C)(=O)=O. The molecule has 0 radical (unpaired) electrons. The molecule has 0 spiro atoms. The quantitative estimate of drug-likeness (QED) is 0.810. The van der Waals surface area contributed by atoms with Gasteiger partial charge in [-0.25, -0.2) is 12.8 Å². The van der Waals surface area contributed by atoms with Crippen LogP contribution in [0.4, 0.5) is 4.39 Å². The second-order valence-corrected chi connectivity index (χ2v) is 7.69. The maximum atomic E-state index is 13.6. The van der Waals surface area contributed by atoms with E-state index in [0.29, 0.717) is 23.7 Å². The van der Waals surface area contributed by atoms with Crippen LogP contribution in [0, 0.1) is 11.7 Å². The third-order valence-corrected chi connectivity index (χ3v) is 4.23. The topological polar surface area (TPSA) is 37.4 Å². The fourth-order valence-electron chi connectivity index (χ4n) is 2.12. The molecule has 0 bridgehead atoms. The van der Waals surface area contributed by atoms with Crippen molar-refractivity contribution in [1.82, 2.24) is 4.90 Å². The summed E-state index contributed by atoms with van der Waals surface area (Å²) in [6.07, 6.45) is 1.22. The predicted octanol–water partition coefficient (Wildman–Crippen LogP) is 2.59. The normalized spacial score (nSPS) is 13.8. The van der Waals surface area contributed by atoms with Gasteiger partial charge in [-0.15, -0.1) is 0 Å². The monoisotopic (exact) mass is 307 g/mol. The van der Waals surface area contributed by atoms with Crippen LogP contribution in [0.3, 0.4) is 0 Å². The molecule has 0 fully saturated rings. The number of nitrogens with zero attached hydrogens (tertiary/aromatic N) is 1. The molecule has 0 aliphatic rings. The van der Waals surface area contributed by atoms with Gasteiger partial charge in [0.2, 0.25) is 0 Å². The molecule has 1 aromatic carbocycles. The van der Waals surface area contributed by atoms with Gasteiger partial charge in [-0.3, -0.25) is 0 Å². The van der Waals surface area contributed by atoms with Crippen molar-refractivity contribution in [2.45, 2.75) is 13.5 Å². The van der Waals surface area contributed by atoms with E-state index in [4.69, 9.17) is 11.6 Å². The van der Waals surface area contributed by atoms with E-state index in [9.17, 15) is 12.8 Å². The van der Waals surface area contributed by atoms with Crippen molar-refractivity contribution < 1.29 is 12.8 Å². The highest BCUT2D eigenvalue weighted by molar-refractivity contribution is 7.90. The minimum absolute atomic E-state index is 0.00875. The fourth-order valence-corrected chi connectivity index (χ4v) is 3.48. The smallest absolute Gasteiger partial charge is 0.147 e. The highest BCUT2D eigenvalue weighted by Gasteiger charge is 2.15. The Morgan fingerprint density at radius 1 is 1.42 bits per heavy atom. The number of rotatable bonds is 6. The summed E-state index contributed by atoms with van der Waals surface area (Å²) in [7, 11) is -1.16. The van der Waals surface area contributed by atoms with Crippen LogP contribution in [-0.2, 0) is 16.4 Å². The molecule has 1 rings (SSSR count). The third-order valence-electron chi connectivity index (χ3n) is 2.70. The standard InChI is InChI=1S/C13H19ClFNO2S/c1-10(9-19(3,17)18)7-16(2)8-11-12(14)5-4-6-13(11)15/h4-6,10H,7-9H2,1-3H3. The van der Waals surface area contributed by atoms with E-state index < -0.39 is 9.84 Å². The Balaban J connectivity index is 2.63. The van der Waals surface area contributed by atoms with Crippen LogP contribution in [0.1, 0.15) is 12.5 Å². The zero-order valence-corrected chi connectivity index (χ0v) is 12.9. The van der Waals surface area contributed by atoms with Crippen molar-refractivity contribution in [2.75, 3.05) is 25.6 Å². The molecule has 0 aromatic heterocycles. The molecule has 1 aromatic rings. The first-order valence-corrected chi connectivity index (χ1v) is 8.42.